The molecule has 2 fully saturated rings. The van der Waals surface area contributed by atoms with Crippen molar-refractivity contribution in [2.24, 2.45) is 5.92 Å². The summed E-state index contributed by atoms with van der Waals surface area (Å²) >= 11 is 0. The van der Waals surface area contributed by atoms with Gasteiger partial charge in [0.1, 0.15) is 5.82 Å². The molecule has 1 aromatic carbocycles. The predicted octanol–water partition coefficient (Wildman–Crippen LogP) is 3.67. The second-order valence-electron chi connectivity index (χ2n) is 6.44. The molecule has 0 aromatic heterocycles. The van der Waals surface area contributed by atoms with E-state index in [1.807, 2.05) is 23.1 Å². The summed E-state index contributed by atoms with van der Waals surface area (Å²) in [5.41, 5.74) is 0.592. The Balaban J connectivity index is 1.87. The van der Waals surface area contributed by atoms with Crippen LogP contribution in [0.25, 0.3) is 0 Å². The number of amides is 1. The first-order chi connectivity index (χ1) is 10.1. The summed E-state index contributed by atoms with van der Waals surface area (Å²) in [5.74, 6) is 0.297. The van der Waals surface area contributed by atoms with Crippen molar-refractivity contribution in [1.82, 2.24) is 4.90 Å². The standard InChI is InChI=1S/C18H22FNO/c1-2-14-11-17(21)20(12-14)13-18(9-5-6-10-18)15-7-3-4-8-16(15)19/h2-4,7-8,14H,1,5-6,9-13H2. The van der Waals surface area contributed by atoms with Crippen LogP contribution in [0.5, 0.6) is 0 Å². The maximum atomic E-state index is 14.3. The van der Waals surface area contributed by atoms with Gasteiger partial charge in [0.05, 0.1) is 0 Å². The van der Waals surface area contributed by atoms with Gasteiger partial charge in [0, 0.05) is 30.8 Å². The molecule has 2 aliphatic rings. The fourth-order valence-electron chi connectivity index (χ4n) is 3.93. The first-order valence-corrected chi connectivity index (χ1v) is 7.80. The van der Waals surface area contributed by atoms with Gasteiger partial charge >= 0.3 is 0 Å². The highest BCUT2D eigenvalue weighted by molar-refractivity contribution is 5.79. The second kappa shape index (κ2) is 5.63. The molecule has 1 aliphatic carbocycles. The van der Waals surface area contributed by atoms with Crippen molar-refractivity contribution in [2.45, 2.75) is 37.5 Å². The highest BCUT2D eigenvalue weighted by Gasteiger charge is 2.41. The van der Waals surface area contributed by atoms with Crippen LogP contribution in [-0.2, 0) is 10.2 Å². The summed E-state index contributed by atoms with van der Waals surface area (Å²) in [7, 11) is 0. The quantitative estimate of drug-likeness (QED) is 0.774. The van der Waals surface area contributed by atoms with E-state index in [0.29, 0.717) is 13.0 Å². The average Bonchev–Trinajstić information content (AvgIpc) is 3.08. The van der Waals surface area contributed by atoms with Crippen LogP contribution in [0.15, 0.2) is 36.9 Å². The van der Waals surface area contributed by atoms with E-state index in [2.05, 4.69) is 6.58 Å². The number of carbonyl (C=O) groups excluding carboxylic acids is 1. The van der Waals surface area contributed by atoms with E-state index in [1.54, 1.807) is 6.07 Å². The molecule has 112 valence electrons. The molecule has 1 heterocycles. The average molecular weight is 287 g/mol. The molecule has 21 heavy (non-hydrogen) atoms. The van der Waals surface area contributed by atoms with Crippen LogP contribution in [0.3, 0.4) is 0 Å². The molecule has 1 unspecified atom stereocenters. The first-order valence-electron chi connectivity index (χ1n) is 7.80. The van der Waals surface area contributed by atoms with Crippen molar-refractivity contribution in [3.8, 4) is 0 Å². The van der Waals surface area contributed by atoms with E-state index in [4.69, 9.17) is 0 Å². The van der Waals surface area contributed by atoms with Crippen LogP contribution < -0.4 is 0 Å². The number of hydrogen-bond donors (Lipinski definition) is 0. The summed E-state index contributed by atoms with van der Waals surface area (Å²) < 4.78 is 14.3. The topological polar surface area (TPSA) is 20.3 Å². The zero-order valence-electron chi connectivity index (χ0n) is 12.4. The number of rotatable bonds is 4. The number of carbonyl (C=O) groups is 1. The van der Waals surface area contributed by atoms with Gasteiger partial charge in [0.15, 0.2) is 0 Å². The lowest BCUT2D eigenvalue weighted by Gasteiger charge is -2.34. The lowest BCUT2D eigenvalue weighted by molar-refractivity contribution is -0.128. The van der Waals surface area contributed by atoms with E-state index in [-0.39, 0.29) is 23.1 Å². The molecule has 0 N–H and O–H groups in total. The van der Waals surface area contributed by atoms with Crippen molar-refractivity contribution in [1.29, 1.82) is 0 Å². The predicted molar refractivity (Wildman–Crippen MR) is 81.4 cm³/mol. The van der Waals surface area contributed by atoms with Crippen molar-refractivity contribution in [3.63, 3.8) is 0 Å². The van der Waals surface area contributed by atoms with Gasteiger partial charge in [-0.3, -0.25) is 4.79 Å². The molecule has 1 aromatic rings. The van der Waals surface area contributed by atoms with Crippen LogP contribution in [-0.4, -0.2) is 23.9 Å². The Kier molecular flexibility index (Phi) is 3.83. The third-order valence-corrected chi connectivity index (χ3v) is 5.08. The molecule has 2 nitrogen and oxygen atoms in total. The van der Waals surface area contributed by atoms with Crippen molar-refractivity contribution < 1.29 is 9.18 Å². The van der Waals surface area contributed by atoms with E-state index in [1.165, 1.54) is 6.07 Å². The molecular formula is C18H22FNO. The van der Waals surface area contributed by atoms with Crippen LogP contribution in [0, 0.1) is 11.7 Å². The van der Waals surface area contributed by atoms with Crippen molar-refractivity contribution >= 4 is 5.91 Å². The molecule has 1 amide bonds. The minimum absolute atomic E-state index is 0.133. The Morgan fingerprint density at radius 3 is 2.67 bits per heavy atom. The van der Waals surface area contributed by atoms with Crippen molar-refractivity contribution in [2.75, 3.05) is 13.1 Å². The summed E-state index contributed by atoms with van der Waals surface area (Å²) in [4.78, 5) is 14.1. The zero-order chi connectivity index (χ0) is 14.9. The number of halogens is 1. The van der Waals surface area contributed by atoms with Gasteiger partial charge in [-0.1, -0.05) is 37.1 Å². The largest absolute Gasteiger partial charge is 0.341 e. The molecule has 3 heteroatoms. The van der Waals surface area contributed by atoms with Gasteiger partial charge in [0.2, 0.25) is 5.91 Å². The fourth-order valence-corrected chi connectivity index (χ4v) is 3.93. The minimum Gasteiger partial charge on any atom is -0.341 e. The van der Waals surface area contributed by atoms with Crippen LogP contribution in [0.4, 0.5) is 4.39 Å². The Morgan fingerprint density at radius 2 is 2.05 bits per heavy atom. The van der Waals surface area contributed by atoms with Crippen LogP contribution in [0.2, 0.25) is 0 Å². The third kappa shape index (κ3) is 2.61. The summed E-state index contributed by atoms with van der Waals surface area (Å²) in [6.07, 6.45) is 6.58. The zero-order valence-corrected chi connectivity index (χ0v) is 12.4. The summed E-state index contributed by atoms with van der Waals surface area (Å²) in [5, 5.41) is 0. The van der Waals surface area contributed by atoms with Crippen LogP contribution >= 0.6 is 0 Å². The monoisotopic (exact) mass is 287 g/mol. The van der Waals surface area contributed by atoms with Gasteiger partial charge in [0.25, 0.3) is 0 Å². The van der Waals surface area contributed by atoms with Gasteiger partial charge in [-0.2, -0.15) is 0 Å². The molecule has 1 saturated heterocycles. The Labute approximate surface area is 125 Å². The number of likely N-dealkylation sites (tertiary alicyclic amines) is 1. The van der Waals surface area contributed by atoms with Gasteiger partial charge < -0.3 is 4.90 Å². The van der Waals surface area contributed by atoms with E-state index in [0.717, 1.165) is 37.8 Å². The molecule has 1 saturated carbocycles. The first kappa shape index (κ1) is 14.3. The van der Waals surface area contributed by atoms with Crippen LogP contribution in [0.1, 0.15) is 37.7 Å². The number of hydrogen-bond acceptors (Lipinski definition) is 1. The Bertz CT molecular complexity index is 548. The molecule has 1 atom stereocenters. The van der Waals surface area contributed by atoms with E-state index < -0.39 is 0 Å². The van der Waals surface area contributed by atoms with Gasteiger partial charge in [-0.15, -0.1) is 6.58 Å². The Morgan fingerprint density at radius 1 is 1.33 bits per heavy atom. The molecule has 0 bridgehead atoms. The van der Waals surface area contributed by atoms with Crippen molar-refractivity contribution in [3.05, 3.63) is 48.3 Å². The number of nitrogens with zero attached hydrogens (tertiary/aromatic N) is 1. The van der Waals surface area contributed by atoms with E-state index in [9.17, 15) is 9.18 Å². The SMILES string of the molecule is C=CC1CC(=O)N(CC2(c3ccccc3F)CCCC2)C1. The van der Waals surface area contributed by atoms with Gasteiger partial charge in [-0.05, 0) is 24.5 Å². The fraction of sp³-hybridized carbons (Fsp3) is 0.500. The maximum Gasteiger partial charge on any atom is 0.223 e. The Hall–Kier alpha value is -1.64. The molecule has 1 aliphatic heterocycles. The normalized spacial score (nSPS) is 24.5. The molecule has 0 radical (unpaired) electrons. The molecule has 0 spiro atoms. The van der Waals surface area contributed by atoms with Gasteiger partial charge in [-0.25, -0.2) is 4.39 Å². The highest BCUT2D eigenvalue weighted by Crippen LogP contribution is 2.43. The smallest absolute Gasteiger partial charge is 0.223 e. The summed E-state index contributed by atoms with van der Waals surface area (Å²) in [6.45, 7) is 5.18. The summed E-state index contributed by atoms with van der Waals surface area (Å²) in [6, 6.07) is 7.06. The van der Waals surface area contributed by atoms with E-state index >= 15 is 0 Å². The highest BCUT2D eigenvalue weighted by atomic mass is 19.1. The minimum atomic E-state index is -0.197. The maximum absolute atomic E-state index is 14.3. The lowest BCUT2D eigenvalue weighted by atomic mass is 9.78. The molecule has 3 rings (SSSR count). The third-order valence-electron chi connectivity index (χ3n) is 5.08. The molecular weight excluding hydrogens is 265 g/mol. The lowest BCUT2D eigenvalue weighted by Crippen LogP contribution is -2.40. The second-order valence-corrected chi connectivity index (χ2v) is 6.44. The number of benzene rings is 1.